The highest BCUT2D eigenvalue weighted by atomic mass is 16.3. The minimum absolute atomic E-state index is 0.304. The average molecular weight is 289 g/mol. The topological polar surface area (TPSA) is 32.6 Å². The Bertz CT molecular complexity index is 387. The van der Waals surface area contributed by atoms with Crippen molar-refractivity contribution in [2.24, 2.45) is 4.99 Å². The van der Waals surface area contributed by atoms with Crippen molar-refractivity contribution in [2.75, 3.05) is 6.54 Å². The lowest BCUT2D eigenvalue weighted by molar-refractivity contribution is 0.475. The summed E-state index contributed by atoms with van der Waals surface area (Å²) >= 11 is 0. The van der Waals surface area contributed by atoms with Gasteiger partial charge in [0.15, 0.2) is 0 Å². The van der Waals surface area contributed by atoms with Crippen LogP contribution in [0.5, 0.6) is 5.75 Å². The Morgan fingerprint density at radius 3 is 2.14 bits per heavy atom. The molecule has 2 nitrogen and oxygen atoms in total. The SMILES string of the molecule is CCCCCCCCCCCC/N=C/c1cccc(O)c1. The molecule has 0 amide bonds. The highest BCUT2D eigenvalue weighted by Gasteiger charge is 1.93. The molecular weight excluding hydrogens is 258 g/mol. The summed E-state index contributed by atoms with van der Waals surface area (Å²) < 4.78 is 0. The van der Waals surface area contributed by atoms with Gasteiger partial charge in [-0.2, -0.15) is 0 Å². The van der Waals surface area contributed by atoms with Crippen LogP contribution in [0.25, 0.3) is 0 Å². The quantitative estimate of drug-likeness (QED) is 0.386. The molecule has 0 unspecified atom stereocenters. The molecule has 0 aliphatic heterocycles. The third-order valence-corrected chi connectivity index (χ3v) is 3.75. The van der Waals surface area contributed by atoms with E-state index in [1.165, 1.54) is 64.2 Å². The molecule has 118 valence electrons. The van der Waals surface area contributed by atoms with Crippen LogP contribution in [0.4, 0.5) is 0 Å². The van der Waals surface area contributed by atoms with E-state index in [1.807, 2.05) is 18.3 Å². The first-order chi connectivity index (χ1) is 10.3. The highest BCUT2D eigenvalue weighted by Crippen LogP contribution is 2.11. The van der Waals surface area contributed by atoms with Crippen molar-refractivity contribution < 1.29 is 5.11 Å². The van der Waals surface area contributed by atoms with Crippen molar-refractivity contribution in [3.05, 3.63) is 29.8 Å². The summed E-state index contributed by atoms with van der Waals surface area (Å²) in [6.07, 6.45) is 15.4. The van der Waals surface area contributed by atoms with E-state index in [0.717, 1.165) is 12.1 Å². The Morgan fingerprint density at radius 2 is 1.52 bits per heavy atom. The Hall–Kier alpha value is -1.31. The van der Waals surface area contributed by atoms with Gasteiger partial charge in [0.25, 0.3) is 0 Å². The fourth-order valence-corrected chi connectivity index (χ4v) is 2.47. The van der Waals surface area contributed by atoms with Crippen molar-refractivity contribution in [3.8, 4) is 5.75 Å². The van der Waals surface area contributed by atoms with E-state index in [2.05, 4.69) is 11.9 Å². The second-order valence-corrected chi connectivity index (χ2v) is 5.81. The van der Waals surface area contributed by atoms with Gasteiger partial charge in [-0.15, -0.1) is 0 Å². The summed E-state index contributed by atoms with van der Waals surface area (Å²) in [5, 5.41) is 9.34. The molecule has 0 bridgehead atoms. The normalized spacial score (nSPS) is 11.3. The van der Waals surface area contributed by atoms with E-state index in [-0.39, 0.29) is 0 Å². The molecule has 0 fully saturated rings. The Morgan fingerprint density at radius 1 is 0.905 bits per heavy atom. The summed E-state index contributed by atoms with van der Waals surface area (Å²) in [6, 6.07) is 7.22. The molecule has 21 heavy (non-hydrogen) atoms. The summed E-state index contributed by atoms with van der Waals surface area (Å²) in [4.78, 5) is 4.41. The molecule has 1 N–H and O–H groups in total. The maximum atomic E-state index is 9.34. The van der Waals surface area contributed by atoms with Crippen LogP contribution in [0.1, 0.15) is 76.7 Å². The largest absolute Gasteiger partial charge is 0.508 e. The van der Waals surface area contributed by atoms with Gasteiger partial charge in [-0.3, -0.25) is 4.99 Å². The van der Waals surface area contributed by atoms with Crippen LogP contribution in [-0.2, 0) is 0 Å². The summed E-state index contributed by atoms with van der Waals surface area (Å²) in [7, 11) is 0. The second kappa shape index (κ2) is 12.4. The lowest BCUT2D eigenvalue weighted by Crippen LogP contribution is -1.86. The van der Waals surface area contributed by atoms with Crippen molar-refractivity contribution in [2.45, 2.75) is 71.1 Å². The van der Waals surface area contributed by atoms with Gasteiger partial charge >= 0.3 is 0 Å². The maximum absolute atomic E-state index is 9.34. The molecule has 1 aromatic rings. The third kappa shape index (κ3) is 10.1. The van der Waals surface area contributed by atoms with E-state index in [9.17, 15) is 5.11 Å². The number of hydrogen-bond acceptors (Lipinski definition) is 2. The first-order valence-corrected chi connectivity index (χ1v) is 8.62. The third-order valence-electron chi connectivity index (χ3n) is 3.75. The van der Waals surface area contributed by atoms with Crippen LogP contribution in [0, 0.1) is 0 Å². The molecular formula is C19H31NO. The van der Waals surface area contributed by atoms with Crippen molar-refractivity contribution in [3.63, 3.8) is 0 Å². The van der Waals surface area contributed by atoms with Gasteiger partial charge in [0, 0.05) is 12.8 Å². The zero-order valence-corrected chi connectivity index (χ0v) is 13.6. The van der Waals surface area contributed by atoms with Gasteiger partial charge in [-0.25, -0.2) is 0 Å². The molecule has 0 spiro atoms. The Kier molecular flexibility index (Phi) is 10.5. The molecule has 0 heterocycles. The maximum Gasteiger partial charge on any atom is 0.116 e. The van der Waals surface area contributed by atoms with Crippen LogP contribution in [0.15, 0.2) is 29.3 Å². The van der Waals surface area contributed by atoms with E-state index in [4.69, 9.17) is 0 Å². The highest BCUT2D eigenvalue weighted by molar-refractivity contribution is 5.80. The van der Waals surface area contributed by atoms with E-state index in [1.54, 1.807) is 12.1 Å². The molecule has 0 aromatic heterocycles. The zero-order chi connectivity index (χ0) is 15.2. The van der Waals surface area contributed by atoms with E-state index >= 15 is 0 Å². The number of rotatable bonds is 12. The number of hydrogen-bond donors (Lipinski definition) is 1. The molecule has 1 aromatic carbocycles. The molecule has 0 aliphatic carbocycles. The van der Waals surface area contributed by atoms with Gasteiger partial charge in [0.1, 0.15) is 5.75 Å². The van der Waals surface area contributed by atoms with Crippen LogP contribution in [0.3, 0.4) is 0 Å². The molecule has 0 saturated carbocycles. The lowest BCUT2D eigenvalue weighted by atomic mass is 10.1. The number of nitrogens with zero attached hydrogens (tertiary/aromatic N) is 1. The number of aliphatic imine (C=N–C) groups is 1. The monoisotopic (exact) mass is 289 g/mol. The number of phenols is 1. The van der Waals surface area contributed by atoms with Crippen LogP contribution in [-0.4, -0.2) is 17.9 Å². The van der Waals surface area contributed by atoms with Crippen LogP contribution in [0.2, 0.25) is 0 Å². The minimum atomic E-state index is 0.304. The molecule has 0 radical (unpaired) electrons. The summed E-state index contributed by atoms with van der Waals surface area (Å²) in [5.41, 5.74) is 0.974. The number of phenolic OH excluding ortho intramolecular Hbond substituents is 1. The van der Waals surface area contributed by atoms with Gasteiger partial charge in [-0.1, -0.05) is 76.8 Å². The molecule has 0 saturated heterocycles. The van der Waals surface area contributed by atoms with Crippen molar-refractivity contribution in [1.82, 2.24) is 0 Å². The molecule has 1 rings (SSSR count). The number of aromatic hydroxyl groups is 1. The Balaban J connectivity index is 1.90. The first-order valence-electron chi connectivity index (χ1n) is 8.62. The number of unbranched alkanes of at least 4 members (excludes halogenated alkanes) is 9. The van der Waals surface area contributed by atoms with Crippen LogP contribution < -0.4 is 0 Å². The van der Waals surface area contributed by atoms with Gasteiger partial charge in [0.05, 0.1) is 0 Å². The summed E-state index contributed by atoms with van der Waals surface area (Å²) in [6.45, 7) is 3.16. The molecule has 0 atom stereocenters. The summed E-state index contributed by atoms with van der Waals surface area (Å²) in [5.74, 6) is 0.304. The average Bonchev–Trinajstić information content (AvgIpc) is 2.48. The minimum Gasteiger partial charge on any atom is -0.508 e. The van der Waals surface area contributed by atoms with Gasteiger partial charge in [0.2, 0.25) is 0 Å². The second-order valence-electron chi connectivity index (χ2n) is 5.81. The fraction of sp³-hybridized carbons (Fsp3) is 0.632. The standard InChI is InChI=1S/C19H31NO/c1-2-3-4-5-6-7-8-9-10-11-15-20-17-18-13-12-14-19(21)16-18/h12-14,16-17,21H,2-11,15H2,1H3/b20-17+. The smallest absolute Gasteiger partial charge is 0.116 e. The zero-order valence-electron chi connectivity index (χ0n) is 13.6. The van der Waals surface area contributed by atoms with E-state index < -0.39 is 0 Å². The predicted molar refractivity (Wildman–Crippen MR) is 92.4 cm³/mol. The Labute approximate surface area is 130 Å². The molecule has 2 heteroatoms. The predicted octanol–water partition coefficient (Wildman–Crippen LogP) is 5.73. The van der Waals surface area contributed by atoms with Crippen LogP contribution >= 0.6 is 0 Å². The van der Waals surface area contributed by atoms with Crippen molar-refractivity contribution in [1.29, 1.82) is 0 Å². The fourth-order valence-electron chi connectivity index (χ4n) is 2.47. The van der Waals surface area contributed by atoms with E-state index in [0.29, 0.717) is 5.75 Å². The lowest BCUT2D eigenvalue weighted by Gasteiger charge is -2.01. The van der Waals surface area contributed by atoms with Gasteiger partial charge in [-0.05, 0) is 24.1 Å². The number of benzene rings is 1. The van der Waals surface area contributed by atoms with Crippen molar-refractivity contribution >= 4 is 6.21 Å². The molecule has 0 aliphatic rings. The first kappa shape index (κ1) is 17.7. The van der Waals surface area contributed by atoms with Gasteiger partial charge < -0.3 is 5.11 Å².